The number of methoxy groups -OCH3 is 1. The van der Waals surface area contributed by atoms with Gasteiger partial charge in [0.05, 0.1) is 29.9 Å². The van der Waals surface area contributed by atoms with E-state index in [-0.39, 0.29) is 12.0 Å². The minimum atomic E-state index is -0.719. The Morgan fingerprint density at radius 3 is 2.47 bits per heavy atom. The Kier molecular flexibility index (Phi) is 6.96. The normalized spacial score (nSPS) is 16.2. The van der Waals surface area contributed by atoms with Crippen molar-refractivity contribution in [1.29, 1.82) is 5.26 Å². The Hall–Kier alpha value is -3.04. The molecule has 0 radical (unpaired) electrons. The van der Waals surface area contributed by atoms with Gasteiger partial charge >= 0.3 is 0 Å². The lowest BCUT2D eigenvalue weighted by atomic mass is 9.73. The summed E-state index contributed by atoms with van der Waals surface area (Å²) in [4.78, 5) is 13.5. The van der Waals surface area contributed by atoms with Crippen LogP contribution in [0.15, 0.2) is 42.5 Å². The van der Waals surface area contributed by atoms with E-state index in [0.29, 0.717) is 43.1 Å². The van der Waals surface area contributed by atoms with Crippen LogP contribution in [0.5, 0.6) is 11.5 Å². The number of carbonyl (C=O) groups excluding carboxylic acids is 1. The molecule has 1 N–H and O–H groups in total. The van der Waals surface area contributed by atoms with Crippen molar-refractivity contribution in [2.45, 2.75) is 44.6 Å². The average Bonchev–Trinajstić information content (AvgIpc) is 2.80. The van der Waals surface area contributed by atoms with Crippen molar-refractivity contribution in [1.82, 2.24) is 0 Å². The summed E-state index contributed by atoms with van der Waals surface area (Å²) in [6, 6.07) is 14.9. The highest BCUT2D eigenvalue weighted by Gasteiger charge is 2.42. The molecule has 0 unspecified atom stereocenters. The van der Waals surface area contributed by atoms with Crippen LogP contribution in [0.25, 0.3) is 0 Å². The largest absolute Gasteiger partial charge is 0.497 e. The zero-order valence-corrected chi connectivity index (χ0v) is 17.7. The van der Waals surface area contributed by atoms with E-state index in [1.54, 1.807) is 25.3 Å². The van der Waals surface area contributed by atoms with Crippen LogP contribution in [0.2, 0.25) is 0 Å². The number of hydrogen-bond acceptors (Lipinski definition) is 5. The number of nitriles is 1. The van der Waals surface area contributed by atoms with Crippen molar-refractivity contribution in [3.05, 3.63) is 53.6 Å². The first-order chi connectivity index (χ1) is 14.5. The summed E-state index contributed by atoms with van der Waals surface area (Å²) >= 11 is 0. The van der Waals surface area contributed by atoms with Crippen molar-refractivity contribution in [2.75, 3.05) is 25.6 Å². The number of hydrogen-bond donors (Lipinski definition) is 1. The molecule has 30 heavy (non-hydrogen) atoms. The van der Waals surface area contributed by atoms with Gasteiger partial charge in [0.1, 0.15) is 17.6 Å². The third-order valence-corrected chi connectivity index (χ3v) is 5.70. The Balaban J connectivity index is 1.88. The number of nitrogens with one attached hydrogen (secondary N) is 1. The molecule has 0 saturated carbocycles. The summed E-state index contributed by atoms with van der Waals surface area (Å²) < 4.78 is 16.6. The van der Waals surface area contributed by atoms with E-state index >= 15 is 0 Å². The summed E-state index contributed by atoms with van der Waals surface area (Å²) in [6.45, 7) is 5.03. The molecule has 6 nitrogen and oxygen atoms in total. The van der Waals surface area contributed by atoms with Gasteiger partial charge in [0, 0.05) is 19.3 Å². The van der Waals surface area contributed by atoms with E-state index in [0.717, 1.165) is 17.7 Å². The maximum Gasteiger partial charge on any atom is 0.235 e. The van der Waals surface area contributed by atoms with E-state index in [1.165, 1.54) is 0 Å². The van der Waals surface area contributed by atoms with E-state index in [4.69, 9.17) is 14.2 Å². The number of ether oxygens (including phenoxy) is 3. The van der Waals surface area contributed by atoms with E-state index in [9.17, 15) is 10.1 Å². The van der Waals surface area contributed by atoms with E-state index in [2.05, 4.69) is 11.4 Å². The molecule has 2 aromatic rings. The van der Waals surface area contributed by atoms with Crippen LogP contribution in [-0.2, 0) is 14.9 Å². The van der Waals surface area contributed by atoms with Crippen LogP contribution in [0, 0.1) is 11.3 Å². The van der Waals surface area contributed by atoms with Gasteiger partial charge in [-0.15, -0.1) is 0 Å². The lowest BCUT2D eigenvalue weighted by Crippen LogP contribution is -2.45. The summed E-state index contributed by atoms with van der Waals surface area (Å²) in [6.07, 6.45) is 2.06. The van der Waals surface area contributed by atoms with Crippen molar-refractivity contribution in [2.24, 2.45) is 0 Å². The van der Waals surface area contributed by atoms with Gasteiger partial charge in [0.15, 0.2) is 0 Å². The molecule has 6 heteroatoms. The Bertz CT molecular complexity index is 912. The monoisotopic (exact) mass is 408 g/mol. The molecule has 0 aromatic heterocycles. The Labute approximate surface area is 177 Å². The molecule has 1 atom stereocenters. The van der Waals surface area contributed by atoms with Crippen LogP contribution in [-0.4, -0.2) is 32.3 Å². The fourth-order valence-corrected chi connectivity index (χ4v) is 3.63. The molecule has 1 aliphatic rings. The van der Waals surface area contributed by atoms with Gasteiger partial charge in [-0.25, -0.2) is 0 Å². The van der Waals surface area contributed by atoms with Gasteiger partial charge in [0.25, 0.3) is 0 Å². The molecule has 1 heterocycles. The quantitative estimate of drug-likeness (QED) is 0.733. The van der Waals surface area contributed by atoms with Gasteiger partial charge in [0.2, 0.25) is 5.91 Å². The molecule has 158 valence electrons. The van der Waals surface area contributed by atoms with Gasteiger partial charge in [-0.2, -0.15) is 5.26 Å². The molecular formula is C24H28N2O4. The zero-order valence-electron chi connectivity index (χ0n) is 17.7. The molecule has 2 aromatic carbocycles. The average molecular weight is 408 g/mol. The molecule has 3 rings (SSSR count). The number of benzene rings is 2. The van der Waals surface area contributed by atoms with E-state index < -0.39 is 5.41 Å². The second-order valence-corrected chi connectivity index (χ2v) is 7.53. The second-order valence-electron chi connectivity index (χ2n) is 7.53. The lowest BCUT2D eigenvalue weighted by Gasteiger charge is -2.36. The predicted molar refractivity (Wildman–Crippen MR) is 115 cm³/mol. The van der Waals surface area contributed by atoms with Crippen LogP contribution < -0.4 is 14.8 Å². The molecule has 1 saturated heterocycles. The zero-order chi connectivity index (χ0) is 21.6. The topological polar surface area (TPSA) is 80.6 Å². The maximum atomic E-state index is 13.5. The Morgan fingerprint density at radius 1 is 1.20 bits per heavy atom. The van der Waals surface area contributed by atoms with Crippen LogP contribution in [0.1, 0.15) is 44.2 Å². The fourth-order valence-electron chi connectivity index (χ4n) is 3.63. The third kappa shape index (κ3) is 4.58. The molecule has 1 fully saturated rings. The number of carbonyl (C=O) groups is 1. The van der Waals surface area contributed by atoms with Gasteiger partial charge in [-0.3, -0.25) is 4.79 Å². The third-order valence-electron chi connectivity index (χ3n) is 5.70. The molecule has 1 amide bonds. The summed E-state index contributed by atoms with van der Waals surface area (Å²) in [5.41, 5.74) is 1.06. The predicted octanol–water partition coefficient (Wildman–Crippen LogP) is 4.43. The SMILES string of the molecule is CC[C@H](C)Oc1ccc(NC(=O)C2(c3ccc(OC)cc3)CCOCC2)c(C#N)c1. The van der Waals surface area contributed by atoms with Crippen molar-refractivity contribution in [3.8, 4) is 17.6 Å². The first-order valence-corrected chi connectivity index (χ1v) is 10.3. The molecule has 1 aliphatic heterocycles. The molecule has 0 aliphatic carbocycles. The molecule has 0 bridgehead atoms. The summed E-state index contributed by atoms with van der Waals surface area (Å²) in [5.74, 6) is 1.22. The fraction of sp³-hybridized carbons (Fsp3) is 0.417. The first-order valence-electron chi connectivity index (χ1n) is 10.3. The highest BCUT2D eigenvalue weighted by molar-refractivity contribution is 6.00. The smallest absolute Gasteiger partial charge is 0.235 e. The van der Waals surface area contributed by atoms with Crippen LogP contribution in [0.3, 0.4) is 0 Å². The number of amides is 1. The van der Waals surface area contributed by atoms with Gasteiger partial charge in [-0.1, -0.05) is 19.1 Å². The minimum absolute atomic E-state index is 0.0533. The van der Waals surface area contributed by atoms with Gasteiger partial charge < -0.3 is 19.5 Å². The first kappa shape index (κ1) is 21.7. The lowest BCUT2D eigenvalue weighted by molar-refractivity contribution is -0.125. The molecule has 0 spiro atoms. The summed E-state index contributed by atoms with van der Waals surface area (Å²) in [7, 11) is 1.62. The van der Waals surface area contributed by atoms with Crippen molar-refractivity contribution >= 4 is 11.6 Å². The van der Waals surface area contributed by atoms with Crippen LogP contribution >= 0.6 is 0 Å². The van der Waals surface area contributed by atoms with Crippen molar-refractivity contribution in [3.63, 3.8) is 0 Å². The van der Waals surface area contributed by atoms with E-state index in [1.807, 2.05) is 38.1 Å². The Morgan fingerprint density at radius 2 is 1.87 bits per heavy atom. The highest BCUT2D eigenvalue weighted by Crippen LogP contribution is 2.37. The standard InChI is InChI=1S/C24H28N2O4/c1-4-17(2)30-21-9-10-22(18(15-21)16-25)26-23(27)24(11-13-29-14-12-24)19-5-7-20(28-3)8-6-19/h5-10,15,17H,4,11-14H2,1-3H3,(H,26,27)/t17-/m0/s1. The molecular weight excluding hydrogens is 380 g/mol. The highest BCUT2D eigenvalue weighted by atomic mass is 16.5. The number of anilines is 1. The second kappa shape index (κ2) is 9.64. The summed E-state index contributed by atoms with van der Waals surface area (Å²) in [5, 5.41) is 12.6. The number of nitrogens with zero attached hydrogens (tertiary/aromatic N) is 1. The van der Waals surface area contributed by atoms with Crippen molar-refractivity contribution < 1.29 is 19.0 Å². The minimum Gasteiger partial charge on any atom is -0.497 e. The number of rotatable bonds is 7. The maximum absolute atomic E-state index is 13.5. The van der Waals surface area contributed by atoms with Crippen LogP contribution in [0.4, 0.5) is 5.69 Å². The van der Waals surface area contributed by atoms with Gasteiger partial charge in [-0.05, 0) is 56.0 Å².